The topological polar surface area (TPSA) is 41.1 Å². The maximum absolute atomic E-state index is 11.3. The molecule has 0 spiro atoms. The van der Waals surface area contributed by atoms with E-state index < -0.39 is 0 Å². The molecular formula is C10H14ClIN2O. The number of benzene rings is 1. The maximum Gasteiger partial charge on any atom is 0.238 e. The van der Waals surface area contributed by atoms with E-state index in [1.807, 2.05) is 25.1 Å². The summed E-state index contributed by atoms with van der Waals surface area (Å²) < 4.78 is 1.17. The van der Waals surface area contributed by atoms with Gasteiger partial charge < -0.3 is 10.6 Å². The third kappa shape index (κ3) is 4.81. The normalized spacial score (nSPS) is 9.27. The summed E-state index contributed by atoms with van der Waals surface area (Å²) in [5.41, 5.74) is 1.96. The lowest BCUT2D eigenvalue weighted by atomic mass is 10.2. The number of carbonyl (C=O) groups excluding carboxylic acids is 1. The molecule has 0 fully saturated rings. The first-order valence-corrected chi connectivity index (χ1v) is 5.42. The number of likely N-dealkylation sites (N-methyl/N-ethyl adjacent to an activating group) is 1. The minimum Gasteiger partial charge on any atom is -0.325 e. The third-order valence-corrected chi connectivity index (χ3v) is 2.47. The van der Waals surface area contributed by atoms with Gasteiger partial charge >= 0.3 is 0 Å². The number of amides is 1. The van der Waals surface area contributed by atoms with Crippen LogP contribution in [0.25, 0.3) is 0 Å². The molecule has 5 heteroatoms. The highest BCUT2D eigenvalue weighted by Crippen LogP contribution is 2.17. The highest BCUT2D eigenvalue weighted by atomic mass is 127. The van der Waals surface area contributed by atoms with Crippen LogP contribution in [0.4, 0.5) is 5.69 Å². The average Bonchev–Trinajstić information content (AvgIpc) is 2.10. The minimum atomic E-state index is -0.0168. The zero-order valence-corrected chi connectivity index (χ0v) is 11.6. The molecule has 1 aromatic rings. The largest absolute Gasteiger partial charge is 0.325 e. The Hall–Kier alpha value is -0.330. The van der Waals surface area contributed by atoms with Gasteiger partial charge in [-0.1, -0.05) is 0 Å². The van der Waals surface area contributed by atoms with Crippen LogP contribution >= 0.6 is 35.0 Å². The zero-order chi connectivity index (χ0) is 10.6. The van der Waals surface area contributed by atoms with Gasteiger partial charge in [-0.3, -0.25) is 4.79 Å². The maximum atomic E-state index is 11.3. The number of halogens is 2. The van der Waals surface area contributed by atoms with Crippen molar-refractivity contribution in [2.24, 2.45) is 0 Å². The molecule has 84 valence electrons. The first-order valence-electron chi connectivity index (χ1n) is 4.34. The van der Waals surface area contributed by atoms with Crippen molar-refractivity contribution in [3.63, 3.8) is 0 Å². The van der Waals surface area contributed by atoms with Crippen LogP contribution in [-0.4, -0.2) is 19.5 Å². The fourth-order valence-corrected chi connectivity index (χ4v) is 1.77. The molecular weight excluding hydrogens is 326 g/mol. The smallest absolute Gasteiger partial charge is 0.238 e. The van der Waals surface area contributed by atoms with E-state index in [1.54, 1.807) is 7.05 Å². The van der Waals surface area contributed by atoms with Gasteiger partial charge in [0.05, 0.1) is 6.54 Å². The number of rotatable bonds is 3. The number of hydrogen-bond acceptors (Lipinski definition) is 2. The summed E-state index contributed by atoms with van der Waals surface area (Å²) in [5.74, 6) is -0.0168. The molecule has 0 atom stereocenters. The van der Waals surface area contributed by atoms with Crippen molar-refractivity contribution < 1.29 is 4.79 Å². The Kier molecular flexibility index (Phi) is 6.87. The molecule has 15 heavy (non-hydrogen) atoms. The molecule has 0 aliphatic carbocycles. The number of anilines is 1. The number of nitrogens with one attached hydrogen (secondary N) is 2. The van der Waals surface area contributed by atoms with Crippen molar-refractivity contribution in [1.29, 1.82) is 0 Å². The standard InChI is InChI=1S/C10H13IN2O.ClH/c1-7-5-8(11)3-4-9(7)13-10(14)6-12-2;/h3-5,12H,6H2,1-2H3,(H,13,14);1H. The summed E-state index contributed by atoms with van der Waals surface area (Å²) in [7, 11) is 1.75. The SMILES string of the molecule is CNCC(=O)Nc1ccc(I)cc1C.Cl. The van der Waals surface area contributed by atoms with Crippen LogP contribution < -0.4 is 10.6 Å². The predicted molar refractivity (Wildman–Crippen MR) is 73.7 cm³/mol. The van der Waals surface area contributed by atoms with E-state index in [2.05, 4.69) is 33.2 Å². The summed E-state index contributed by atoms with van der Waals surface area (Å²) in [4.78, 5) is 11.3. The molecule has 0 aromatic heterocycles. The van der Waals surface area contributed by atoms with Gasteiger partial charge in [-0.2, -0.15) is 0 Å². The quantitative estimate of drug-likeness (QED) is 0.828. The summed E-state index contributed by atoms with van der Waals surface area (Å²) in [6.45, 7) is 2.32. The van der Waals surface area contributed by atoms with Gasteiger partial charge in [0.2, 0.25) is 5.91 Å². The van der Waals surface area contributed by atoms with Gasteiger partial charge in [0.1, 0.15) is 0 Å². The fraction of sp³-hybridized carbons (Fsp3) is 0.300. The molecule has 3 nitrogen and oxygen atoms in total. The van der Waals surface area contributed by atoms with Crippen LogP contribution in [0.3, 0.4) is 0 Å². The molecule has 1 rings (SSSR count). The van der Waals surface area contributed by atoms with Crippen molar-refractivity contribution in [3.8, 4) is 0 Å². The number of aryl methyl sites for hydroxylation is 1. The molecule has 0 aliphatic rings. The molecule has 1 aromatic carbocycles. The third-order valence-electron chi connectivity index (χ3n) is 1.80. The molecule has 1 amide bonds. The fourth-order valence-electron chi connectivity index (χ4n) is 1.12. The van der Waals surface area contributed by atoms with Crippen molar-refractivity contribution in [1.82, 2.24) is 5.32 Å². The van der Waals surface area contributed by atoms with Gasteiger partial charge in [0.25, 0.3) is 0 Å². The second-order valence-corrected chi connectivity index (χ2v) is 4.28. The van der Waals surface area contributed by atoms with Gasteiger partial charge in [-0.25, -0.2) is 0 Å². The minimum absolute atomic E-state index is 0. The second kappa shape index (κ2) is 7.03. The lowest BCUT2D eigenvalue weighted by Crippen LogP contribution is -2.25. The Bertz CT molecular complexity index is 344. The van der Waals surface area contributed by atoms with Crippen LogP contribution in [-0.2, 0) is 4.79 Å². The predicted octanol–water partition coefficient (Wildman–Crippen LogP) is 2.18. The van der Waals surface area contributed by atoms with E-state index in [-0.39, 0.29) is 18.3 Å². The number of carbonyl (C=O) groups is 1. The molecule has 0 bridgehead atoms. The average molecular weight is 341 g/mol. The number of hydrogen-bond donors (Lipinski definition) is 2. The molecule has 0 unspecified atom stereocenters. The van der Waals surface area contributed by atoms with Crippen molar-refractivity contribution in [2.45, 2.75) is 6.92 Å². The van der Waals surface area contributed by atoms with Crippen LogP contribution in [0.2, 0.25) is 0 Å². The van der Waals surface area contributed by atoms with E-state index in [9.17, 15) is 4.79 Å². The van der Waals surface area contributed by atoms with Crippen LogP contribution in [0.15, 0.2) is 18.2 Å². The monoisotopic (exact) mass is 340 g/mol. The Balaban J connectivity index is 0.00000196. The van der Waals surface area contributed by atoms with Crippen molar-refractivity contribution >= 4 is 46.6 Å². The molecule has 0 saturated carbocycles. The highest BCUT2D eigenvalue weighted by Gasteiger charge is 2.03. The molecule has 2 N–H and O–H groups in total. The summed E-state index contributed by atoms with van der Waals surface area (Å²) in [6.07, 6.45) is 0. The zero-order valence-electron chi connectivity index (χ0n) is 8.63. The van der Waals surface area contributed by atoms with E-state index >= 15 is 0 Å². The van der Waals surface area contributed by atoms with Gasteiger partial charge in [0, 0.05) is 9.26 Å². The Morgan fingerprint density at radius 1 is 1.47 bits per heavy atom. The van der Waals surface area contributed by atoms with Crippen LogP contribution in [0, 0.1) is 10.5 Å². The lowest BCUT2D eigenvalue weighted by molar-refractivity contribution is -0.115. The lowest BCUT2D eigenvalue weighted by Gasteiger charge is -2.08. The van der Waals surface area contributed by atoms with Crippen molar-refractivity contribution in [2.75, 3.05) is 18.9 Å². The summed E-state index contributed by atoms with van der Waals surface area (Å²) in [5, 5.41) is 5.64. The Morgan fingerprint density at radius 2 is 2.13 bits per heavy atom. The first-order chi connectivity index (χ1) is 6.63. The summed E-state index contributed by atoms with van der Waals surface area (Å²) >= 11 is 2.25. The summed E-state index contributed by atoms with van der Waals surface area (Å²) in [6, 6.07) is 5.93. The second-order valence-electron chi connectivity index (χ2n) is 3.04. The van der Waals surface area contributed by atoms with E-state index in [0.29, 0.717) is 6.54 Å². The first kappa shape index (κ1) is 14.7. The van der Waals surface area contributed by atoms with E-state index in [0.717, 1.165) is 11.3 Å². The Morgan fingerprint density at radius 3 is 2.67 bits per heavy atom. The van der Waals surface area contributed by atoms with Gasteiger partial charge in [-0.15, -0.1) is 12.4 Å². The van der Waals surface area contributed by atoms with E-state index in [4.69, 9.17) is 0 Å². The molecule has 0 saturated heterocycles. The highest BCUT2D eigenvalue weighted by molar-refractivity contribution is 14.1. The van der Waals surface area contributed by atoms with Gasteiger partial charge in [0.15, 0.2) is 0 Å². The van der Waals surface area contributed by atoms with Crippen LogP contribution in [0.5, 0.6) is 0 Å². The molecule has 0 aliphatic heterocycles. The Labute approximate surface area is 110 Å². The van der Waals surface area contributed by atoms with E-state index in [1.165, 1.54) is 3.57 Å². The van der Waals surface area contributed by atoms with Crippen LogP contribution in [0.1, 0.15) is 5.56 Å². The molecule has 0 radical (unpaired) electrons. The molecule has 0 heterocycles. The van der Waals surface area contributed by atoms with Crippen molar-refractivity contribution in [3.05, 3.63) is 27.3 Å². The van der Waals surface area contributed by atoms with Gasteiger partial charge in [-0.05, 0) is 60.3 Å².